The van der Waals surface area contributed by atoms with Crippen molar-refractivity contribution in [1.82, 2.24) is 9.30 Å². The predicted octanol–water partition coefficient (Wildman–Crippen LogP) is 4.71. The first-order valence-corrected chi connectivity index (χ1v) is 9.37. The summed E-state index contributed by atoms with van der Waals surface area (Å²) in [5.41, 5.74) is 3.91. The molecule has 0 fully saturated rings. The Hall–Kier alpha value is -2.33. The highest BCUT2D eigenvalue weighted by atomic mass is 16.5. The van der Waals surface area contributed by atoms with Gasteiger partial charge in [-0.3, -0.25) is 0 Å². The lowest BCUT2D eigenvalue weighted by molar-refractivity contribution is 0.0504. The van der Waals surface area contributed by atoms with E-state index in [-0.39, 0.29) is 5.97 Å². The Kier molecular flexibility index (Phi) is 5.62. The number of pyridine rings is 1. The number of hydrogen-bond acceptors (Lipinski definition) is 3. The first-order valence-electron chi connectivity index (χ1n) is 9.37. The zero-order chi connectivity index (χ0) is 18.7. The Balaban J connectivity index is 2.08. The molecule has 2 aromatic heterocycles. The summed E-state index contributed by atoms with van der Waals surface area (Å²) in [5, 5.41) is 0.957. The van der Waals surface area contributed by atoms with Crippen molar-refractivity contribution in [3.8, 4) is 0 Å². The van der Waals surface area contributed by atoms with Crippen molar-refractivity contribution in [1.29, 1.82) is 0 Å². The minimum absolute atomic E-state index is 0.230. The smallest absolute Gasteiger partial charge is 0.340 e. The van der Waals surface area contributed by atoms with Gasteiger partial charge < -0.3 is 14.0 Å². The van der Waals surface area contributed by atoms with Crippen LogP contribution < -0.4 is 0 Å². The molecule has 1 unspecified atom stereocenters. The Morgan fingerprint density at radius 2 is 2.00 bits per heavy atom. The van der Waals surface area contributed by atoms with Gasteiger partial charge in [0.15, 0.2) is 0 Å². The zero-order valence-electron chi connectivity index (χ0n) is 16.2. The minimum atomic E-state index is -0.230. The molecule has 138 valence electrons. The number of fused-ring (bicyclic) bond motifs is 3. The summed E-state index contributed by atoms with van der Waals surface area (Å²) in [4.78, 5) is 14.9. The van der Waals surface area contributed by atoms with Gasteiger partial charge in [-0.05, 0) is 50.2 Å². The van der Waals surface area contributed by atoms with Gasteiger partial charge in [0.1, 0.15) is 0 Å². The van der Waals surface area contributed by atoms with Crippen LogP contribution in [0.4, 0.5) is 0 Å². The summed E-state index contributed by atoms with van der Waals surface area (Å²) in [6, 6.07) is 12.4. The lowest BCUT2D eigenvalue weighted by Crippen LogP contribution is -2.18. The fraction of sp³-hybridized carbons (Fsp3) is 0.409. The average molecular weight is 352 g/mol. The molecule has 0 saturated heterocycles. The Bertz CT molecular complexity index is 911. The van der Waals surface area contributed by atoms with Crippen LogP contribution in [0.2, 0.25) is 0 Å². The van der Waals surface area contributed by atoms with Crippen LogP contribution in [0.1, 0.15) is 48.5 Å². The Labute approximate surface area is 155 Å². The molecule has 4 heteroatoms. The van der Waals surface area contributed by atoms with Crippen molar-refractivity contribution < 1.29 is 9.53 Å². The second-order valence-corrected chi connectivity index (χ2v) is 7.26. The van der Waals surface area contributed by atoms with Crippen molar-refractivity contribution in [2.24, 2.45) is 0 Å². The molecular weight excluding hydrogens is 324 g/mol. The van der Waals surface area contributed by atoms with E-state index in [1.165, 1.54) is 5.56 Å². The molecule has 0 aliphatic rings. The number of hydrogen-bond donors (Lipinski definition) is 0. The van der Waals surface area contributed by atoms with E-state index in [0.717, 1.165) is 35.8 Å². The number of aromatic nitrogens is 1. The molecular formula is C22H28N2O2. The van der Waals surface area contributed by atoms with E-state index in [0.29, 0.717) is 18.1 Å². The number of carbonyl (C=O) groups excluding carboxylic acids is 1. The standard InChI is InChI=1S/C22H28N2O2/c1-5-6-13-26-22(25)21-18-11-10-17(16(2)15-23(3)4)14-20(18)24-12-8-7-9-19(21)24/h7-12,14,16H,5-6,13,15H2,1-4H3. The second-order valence-electron chi connectivity index (χ2n) is 7.26. The van der Waals surface area contributed by atoms with Gasteiger partial charge in [0.2, 0.25) is 0 Å². The minimum Gasteiger partial charge on any atom is -0.462 e. The molecule has 1 atom stereocenters. The molecule has 0 radical (unpaired) electrons. The zero-order valence-corrected chi connectivity index (χ0v) is 16.2. The second kappa shape index (κ2) is 7.92. The third-order valence-electron chi connectivity index (χ3n) is 4.81. The highest BCUT2D eigenvalue weighted by Crippen LogP contribution is 2.30. The summed E-state index contributed by atoms with van der Waals surface area (Å²) in [6.45, 7) is 5.78. The number of likely N-dealkylation sites (N-methyl/N-ethyl adjacent to an activating group) is 1. The van der Waals surface area contributed by atoms with E-state index < -0.39 is 0 Å². The molecule has 3 aromatic rings. The number of benzene rings is 1. The van der Waals surface area contributed by atoms with Gasteiger partial charge >= 0.3 is 5.97 Å². The van der Waals surface area contributed by atoms with Crippen LogP contribution in [-0.2, 0) is 4.74 Å². The number of esters is 1. The molecule has 0 spiro atoms. The van der Waals surface area contributed by atoms with Crippen LogP contribution in [0.5, 0.6) is 0 Å². The van der Waals surface area contributed by atoms with Gasteiger partial charge in [-0.15, -0.1) is 0 Å². The van der Waals surface area contributed by atoms with Crippen LogP contribution in [0.15, 0.2) is 42.6 Å². The van der Waals surface area contributed by atoms with Crippen LogP contribution >= 0.6 is 0 Å². The van der Waals surface area contributed by atoms with Crippen LogP contribution in [0.25, 0.3) is 16.4 Å². The maximum atomic E-state index is 12.7. The molecule has 0 bridgehead atoms. The monoisotopic (exact) mass is 352 g/mol. The Morgan fingerprint density at radius 1 is 1.19 bits per heavy atom. The molecule has 2 heterocycles. The number of nitrogens with zero attached hydrogens (tertiary/aromatic N) is 2. The molecule has 0 aliphatic carbocycles. The van der Waals surface area contributed by atoms with Gasteiger partial charge in [0.25, 0.3) is 0 Å². The fourth-order valence-corrected chi connectivity index (χ4v) is 3.51. The highest BCUT2D eigenvalue weighted by Gasteiger charge is 2.20. The van der Waals surface area contributed by atoms with E-state index in [2.05, 4.69) is 55.4 Å². The van der Waals surface area contributed by atoms with Gasteiger partial charge in [0.05, 0.1) is 23.2 Å². The van der Waals surface area contributed by atoms with Crippen molar-refractivity contribution in [3.63, 3.8) is 0 Å². The van der Waals surface area contributed by atoms with Crippen molar-refractivity contribution in [2.75, 3.05) is 27.2 Å². The van der Waals surface area contributed by atoms with Crippen molar-refractivity contribution in [3.05, 3.63) is 53.7 Å². The van der Waals surface area contributed by atoms with E-state index in [9.17, 15) is 4.79 Å². The summed E-state index contributed by atoms with van der Waals surface area (Å²) in [5.74, 6) is 0.190. The first-order chi connectivity index (χ1) is 12.5. The predicted molar refractivity (Wildman–Crippen MR) is 107 cm³/mol. The van der Waals surface area contributed by atoms with E-state index in [1.807, 2.05) is 24.4 Å². The van der Waals surface area contributed by atoms with Gasteiger partial charge in [-0.1, -0.05) is 38.5 Å². The SMILES string of the molecule is CCCCOC(=O)c1c2ccc(C(C)CN(C)C)cc2n2ccccc12. The lowest BCUT2D eigenvalue weighted by atomic mass is 9.99. The van der Waals surface area contributed by atoms with Gasteiger partial charge in [-0.25, -0.2) is 4.79 Å². The summed E-state index contributed by atoms with van der Waals surface area (Å²) in [6.07, 6.45) is 3.92. The molecule has 26 heavy (non-hydrogen) atoms. The topological polar surface area (TPSA) is 34.0 Å². The average Bonchev–Trinajstić information content (AvgIpc) is 2.95. The van der Waals surface area contributed by atoms with Gasteiger partial charge in [-0.2, -0.15) is 0 Å². The van der Waals surface area contributed by atoms with Crippen molar-refractivity contribution >= 4 is 22.4 Å². The number of ether oxygens (including phenoxy) is 1. The summed E-state index contributed by atoms with van der Waals surface area (Å²) in [7, 11) is 4.18. The molecule has 0 amide bonds. The third-order valence-corrected chi connectivity index (χ3v) is 4.81. The third kappa shape index (κ3) is 3.61. The molecule has 0 aliphatic heterocycles. The lowest BCUT2D eigenvalue weighted by Gasteiger charge is -2.17. The van der Waals surface area contributed by atoms with Crippen LogP contribution in [-0.4, -0.2) is 42.5 Å². The van der Waals surface area contributed by atoms with Gasteiger partial charge in [0, 0.05) is 18.1 Å². The molecule has 3 rings (SSSR count). The molecule has 1 aromatic carbocycles. The largest absolute Gasteiger partial charge is 0.462 e. The van der Waals surface area contributed by atoms with E-state index >= 15 is 0 Å². The van der Waals surface area contributed by atoms with E-state index in [4.69, 9.17) is 4.74 Å². The summed E-state index contributed by atoms with van der Waals surface area (Å²) < 4.78 is 7.61. The van der Waals surface area contributed by atoms with E-state index in [1.54, 1.807) is 0 Å². The van der Waals surface area contributed by atoms with Crippen LogP contribution in [0, 0.1) is 0 Å². The maximum Gasteiger partial charge on any atom is 0.340 e. The number of rotatable bonds is 7. The number of unbranched alkanes of at least 4 members (excludes halogenated alkanes) is 1. The maximum absolute atomic E-state index is 12.7. The normalized spacial score (nSPS) is 12.8. The van der Waals surface area contributed by atoms with Crippen molar-refractivity contribution in [2.45, 2.75) is 32.6 Å². The Morgan fingerprint density at radius 3 is 2.73 bits per heavy atom. The summed E-state index contributed by atoms with van der Waals surface area (Å²) >= 11 is 0. The molecule has 0 saturated carbocycles. The molecule has 4 nitrogen and oxygen atoms in total. The quantitative estimate of drug-likeness (QED) is 0.456. The first kappa shape index (κ1) is 18.5. The fourth-order valence-electron chi connectivity index (χ4n) is 3.51. The number of carbonyl (C=O) groups is 1. The highest BCUT2D eigenvalue weighted by molar-refractivity contribution is 6.11. The molecule has 0 N–H and O–H groups in total. The van der Waals surface area contributed by atoms with Crippen LogP contribution in [0.3, 0.4) is 0 Å².